The predicted molar refractivity (Wildman–Crippen MR) is 81.7 cm³/mol. The minimum atomic E-state index is -0.232. The van der Waals surface area contributed by atoms with Crippen LogP contribution in [0.1, 0.15) is 28.5 Å². The second-order valence-electron chi connectivity index (χ2n) is 5.30. The van der Waals surface area contributed by atoms with Crippen LogP contribution in [0.2, 0.25) is 0 Å². The third-order valence-electron chi connectivity index (χ3n) is 4.11. The van der Waals surface area contributed by atoms with E-state index >= 15 is 0 Å². The van der Waals surface area contributed by atoms with Gasteiger partial charge in [0.25, 0.3) is 0 Å². The third-order valence-corrected chi connectivity index (χ3v) is 6.33. The average Bonchev–Trinajstić information content (AvgIpc) is 2.95. The number of carbonyl (C=O) groups excluding carboxylic acids is 2. The molecular weight excluding hydrogens is 292 g/mol. The van der Waals surface area contributed by atoms with Gasteiger partial charge in [-0.05, 0) is 42.0 Å². The largest absolute Gasteiger partial charge is 0.369 e. The van der Waals surface area contributed by atoms with E-state index in [2.05, 4.69) is 11.4 Å². The second kappa shape index (κ2) is 5.77. The zero-order valence-corrected chi connectivity index (χ0v) is 12.8. The lowest BCUT2D eigenvalue weighted by Crippen LogP contribution is -2.43. The number of fused-ring (bicyclic) bond motifs is 1. The molecule has 0 spiro atoms. The number of hydrogen-bond acceptors (Lipinski definition) is 4. The first-order valence-corrected chi connectivity index (χ1v) is 8.85. The Morgan fingerprint density at radius 1 is 1.30 bits per heavy atom. The van der Waals surface area contributed by atoms with Crippen molar-refractivity contribution in [1.82, 2.24) is 4.90 Å². The van der Waals surface area contributed by atoms with Gasteiger partial charge in [-0.2, -0.15) is 0 Å². The summed E-state index contributed by atoms with van der Waals surface area (Å²) in [4.78, 5) is 27.1. The molecule has 6 heteroatoms. The molecule has 1 saturated heterocycles. The molecule has 1 aromatic rings. The number of hydrogen-bond donors (Lipinski definition) is 1. The normalized spacial score (nSPS) is 23.4. The van der Waals surface area contributed by atoms with Gasteiger partial charge in [0.1, 0.15) is 5.25 Å². The Labute approximate surface area is 126 Å². The minimum absolute atomic E-state index is 0.0462. The summed E-state index contributed by atoms with van der Waals surface area (Å²) < 4.78 is 0. The van der Waals surface area contributed by atoms with E-state index in [1.54, 1.807) is 23.1 Å². The molecule has 0 unspecified atom stereocenters. The lowest BCUT2D eigenvalue weighted by Gasteiger charge is -2.34. The molecule has 2 aliphatic heterocycles. The highest BCUT2D eigenvalue weighted by Crippen LogP contribution is 2.40. The number of piperidine rings is 1. The Morgan fingerprint density at radius 2 is 2.05 bits per heavy atom. The molecule has 3 rings (SSSR count). The number of nitrogens with two attached hydrogens (primary N) is 1. The van der Waals surface area contributed by atoms with Crippen LogP contribution in [0, 0.1) is 5.92 Å². The molecule has 2 amide bonds. The highest BCUT2D eigenvalue weighted by Gasteiger charge is 2.33. The number of amides is 2. The van der Waals surface area contributed by atoms with Gasteiger partial charge in [-0.1, -0.05) is 0 Å². The zero-order chi connectivity index (χ0) is 14.1. The van der Waals surface area contributed by atoms with Crippen LogP contribution in [0.5, 0.6) is 0 Å². The number of carbonyl (C=O) groups is 2. The van der Waals surface area contributed by atoms with Crippen LogP contribution in [-0.4, -0.2) is 35.6 Å². The van der Waals surface area contributed by atoms with Crippen LogP contribution < -0.4 is 5.73 Å². The Morgan fingerprint density at radius 3 is 2.75 bits per heavy atom. The van der Waals surface area contributed by atoms with Gasteiger partial charge < -0.3 is 10.6 Å². The SMILES string of the molecule is NC(=O)C1CCN(C(=O)[C@H]2SCCc3sccc32)CC1. The molecule has 0 saturated carbocycles. The van der Waals surface area contributed by atoms with Gasteiger partial charge in [0.2, 0.25) is 11.8 Å². The Balaban J connectivity index is 1.68. The molecule has 108 valence electrons. The molecule has 1 fully saturated rings. The monoisotopic (exact) mass is 310 g/mol. The zero-order valence-electron chi connectivity index (χ0n) is 11.2. The van der Waals surface area contributed by atoms with Crippen LogP contribution in [0.15, 0.2) is 11.4 Å². The summed E-state index contributed by atoms with van der Waals surface area (Å²) in [7, 11) is 0. The molecule has 0 aromatic carbocycles. The highest BCUT2D eigenvalue weighted by atomic mass is 32.2. The molecule has 4 nitrogen and oxygen atoms in total. The van der Waals surface area contributed by atoms with Crippen molar-refractivity contribution in [3.63, 3.8) is 0 Å². The smallest absolute Gasteiger partial charge is 0.240 e. The van der Waals surface area contributed by atoms with Gasteiger partial charge in [0.15, 0.2) is 0 Å². The van der Waals surface area contributed by atoms with Crippen molar-refractivity contribution < 1.29 is 9.59 Å². The summed E-state index contributed by atoms with van der Waals surface area (Å²) in [6, 6.07) is 2.09. The van der Waals surface area contributed by atoms with Crippen LogP contribution in [0.3, 0.4) is 0 Å². The fourth-order valence-corrected chi connectivity index (χ4v) is 5.28. The summed E-state index contributed by atoms with van der Waals surface area (Å²) in [6.07, 6.45) is 2.48. The van der Waals surface area contributed by atoms with Gasteiger partial charge in [-0.3, -0.25) is 9.59 Å². The van der Waals surface area contributed by atoms with Crippen molar-refractivity contribution >= 4 is 34.9 Å². The second-order valence-corrected chi connectivity index (χ2v) is 7.52. The molecular formula is C14H18N2O2S2. The molecule has 20 heavy (non-hydrogen) atoms. The number of primary amides is 1. The van der Waals surface area contributed by atoms with Crippen LogP contribution >= 0.6 is 23.1 Å². The van der Waals surface area contributed by atoms with Crippen LogP contribution in [-0.2, 0) is 16.0 Å². The number of thiophene rings is 1. The number of likely N-dealkylation sites (tertiary alicyclic amines) is 1. The quantitative estimate of drug-likeness (QED) is 0.906. The van der Waals surface area contributed by atoms with Crippen molar-refractivity contribution in [2.45, 2.75) is 24.5 Å². The minimum Gasteiger partial charge on any atom is -0.369 e. The first kappa shape index (κ1) is 13.9. The van der Waals surface area contributed by atoms with E-state index in [0.717, 1.165) is 12.2 Å². The summed E-state index contributed by atoms with van der Waals surface area (Å²) in [5.74, 6) is 0.929. The van der Waals surface area contributed by atoms with Crippen molar-refractivity contribution in [3.8, 4) is 0 Å². The number of aryl methyl sites for hydroxylation is 1. The molecule has 1 atom stereocenters. The van der Waals surface area contributed by atoms with E-state index in [1.807, 2.05) is 4.90 Å². The predicted octanol–water partition coefficient (Wildman–Crippen LogP) is 1.80. The standard InChI is InChI=1S/C14H18N2O2S2/c15-13(17)9-1-5-16(6-2-9)14(18)12-10-3-7-19-11(10)4-8-20-12/h3,7,9,12H,1-2,4-6,8H2,(H2,15,17)/t12-/m0/s1. The molecule has 0 bridgehead atoms. The summed E-state index contributed by atoms with van der Waals surface area (Å²) in [5.41, 5.74) is 6.54. The number of thioether (sulfide) groups is 1. The first-order chi connectivity index (χ1) is 9.66. The molecule has 2 aliphatic rings. The highest BCUT2D eigenvalue weighted by molar-refractivity contribution is 8.00. The van der Waals surface area contributed by atoms with E-state index in [4.69, 9.17) is 5.73 Å². The van der Waals surface area contributed by atoms with E-state index in [1.165, 1.54) is 10.4 Å². The molecule has 3 heterocycles. The van der Waals surface area contributed by atoms with Gasteiger partial charge in [-0.15, -0.1) is 23.1 Å². The third kappa shape index (κ3) is 2.59. The maximum Gasteiger partial charge on any atom is 0.240 e. The topological polar surface area (TPSA) is 63.4 Å². The molecule has 0 aliphatic carbocycles. The van der Waals surface area contributed by atoms with Crippen molar-refractivity contribution in [2.24, 2.45) is 11.7 Å². The van der Waals surface area contributed by atoms with Gasteiger partial charge in [-0.25, -0.2) is 0 Å². The average molecular weight is 310 g/mol. The van der Waals surface area contributed by atoms with Crippen molar-refractivity contribution in [1.29, 1.82) is 0 Å². The van der Waals surface area contributed by atoms with Gasteiger partial charge >= 0.3 is 0 Å². The Hall–Kier alpha value is -1.01. The maximum absolute atomic E-state index is 12.7. The fraction of sp³-hybridized carbons (Fsp3) is 0.571. The maximum atomic E-state index is 12.7. The summed E-state index contributed by atoms with van der Waals surface area (Å²) in [6.45, 7) is 1.31. The first-order valence-electron chi connectivity index (χ1n) is 6.93. The summed E-state index contributed by atoms with van der Waals surface area (Å²) in [5, 5.41) is 2.03. The molecule has 1 aromatic heterocycles. The molecule has 2 N–H and O–H groups in total. The number of rotatable bonds is 2. The van der Waals surface area contributed by atoms with E-state index < -0.39 is 0 Å². The number of nitrogens with zero attached hydrogens (tertiary/aromatic N) is 1. The van der Waals surface area contributed by atoms with Gasteiger partial charge in [0, 0.05) is 23.9 Å². The molecule has 0 radical (unpaired) electrons. The lowest BCUT2D eigenvalue weighted by atomic mass is 9.96. The van der Waals surface area contributed by atoms with Crippen molar-refractivity contribution in [3.05, 3.63) is 21.9 Å². The van der Waals surface area contributed by atoms with E-state index in [-0.39, 0.29) is 23.0 Å². The Bertz CT molecular complexity index is 521. The van der Waals surface area contributed by atoms with Gasteiger partial charge in [0.05, 0.1) is 0 Å². The fourth-order valence-electron chi connectivity index (χ4n) is 2.90. The van der Waals surface area contributed by atoms with Crippen LogP contribution in [0.25, 0.3) is 0 Å². The van der Waals surface area contributed by atoms with E-state index in [0.29, 0.717) is 25.9 Å². The Kier molecular flexibility index (Phi) is 4.03. The summed E-state index contributed by atoms with van der Waals surface area (Å²) >= 11 is 3.50. The van der Waals surface area contributed by atoms with Crippen molar-refractivity contribution in [2.75, 3.05) is 18.8 Å². The van der Waals surface area contributed by atoms with Crippen LogP contribution in [0.4, 0.5) is 0 Å². The van der Waals surface area contributed by atoms with E-state index in [9.17, 15) is 9.59 Å². The lowest BCUT2D eigenvalue weighted by molar-refractivity contribution is -0.134.